The predicted molar refractivity (Wildman–Crippen MR) is 57.8 cm³/mol. The molecular weight excluding hydrogens is 208 g/mol. The van der Waals surface area contributed by atoms with Crippen molar-refractivity contribution in [2.45, 2.75) is 13.3 Å². The Balaban J connectivity index is 1.96. The van der Waals surface area contributed by atoms with E-state index in [0.717, 1.165) is 19.5 Å². The van der Waals surface area contributed by atoms with Crippen molar-refractivity contribution in [3.63, 3.8) is 0 Å². The molecule has 2 rings (SSSR count). The van der Waals surface area contributed by atoms with Crippen LogP contribution in [-0.2, 0) is 9.59 Å². The molecule has 0 saturated carbocycles. The van der Waals surface area contributed by atoms with E-state index in [1.165, 1.54) is 0 Å². The van der Waals surface area contributed by atoms with Gasteiger partial charge in [0.25, 0.3) is 0 Å². The monoisotopic (exact) mass is 226 g/mol. The molecule has 5 heteroatoms. The number of carboxylic acids is 1. The van der Waals surface area contributed by atoms with Crippen molar-refractivity contribution in [3.8, 4) is 0 Å². The first kappa shape index (κ1) is 11.4. The first-order valence-corrected chi connectivity index (χ1v) is 5.82. The molecule has 0 aromatic rings. The summed E-state index contributed by atoms with van der Waals surface area (Å²) >= 11 is 0. The van der Waals surface area contributed by atoms with Crippen LogP contribution in [0, 0.1) is 17.8 Å². The summed E-state index contributed by atoms with van der Waals surface area (Å²) in [7, 11) is 0. The van der Waals surface area contributed by atoms with Gasteiger partial charge in [0.15, 0.2) is 0 Å². The van der Waals surface area contributed by atoms with Gasteiger partial charge in [0.2, 0.25) is 5.91 Å². The summed E-state index contributed by atoms with van der Waals surface area (Å²) < 4.78 is 0. The molecule has 0 radical (unpaired) electrons. The predicted octanol–water partition coefficient (Wildman–Crippen LogP) is -0.225. The van der Waals surface area contributed by atoms with Crippen LogP contribution in [0.5, 0.6) is 0 Å². The van der Waals surface area contributed by atoms with Gasteiger partial charge >= 0.3 is 5.97 Å². The second-order valence-corrected chi connectivity index (χ2v) is 4.85. The van der Waals surface area contributed by atoms with E-state index in [1.807, 2.05) is 6.92 Å². The lowest BCUT2D eigenvalue weighted by atomic mass is 9.99. The average molecular weight is 226 g/mol. The van der Waals surface area contributed by atoms with Crippen molar-refractivity contribution in [1.29, 1.82) is 0 Å². The van der Waals surface area contributed by atoms with Gasteiger partial charge in [0.05, 0.1) is 11.8 Å². The molecule has 5 nitrogen and oxygen atoms in total. The number of hydrogen-bond donors (Lipinski definition) is 2. The Morgan fingerprint density at radius 2 is 2.12 bits per heavy atom. The molecule has 2 aliphatic heterocycles. The number of rotatable bonds is 2. The van der Waals surface area contributed by atoms with Crippen LogP contribution in [0.2, 0.25) is 0 Å². The molecule has 1 amide bonds. The highest BCUT2D eigenvalue weighted by atomic mass is 16.4. The van der Waals surface area contributed by atoms with E-state index in [4.69, 9.17) is 5.11 Å². The molecule has 0 spiro atoms. The highest BCUT2D eigenvalue weighted by Gasteiger charge is 2.39. The molecule has 2 fully saturated rings. The van der Waals surface area contributed by atoms with Gasteiger partial charge in [-0.25, -0.2) is 0 Å². The molecule has 0 aromatic heterocycles. The van der Waals surface area contributed by atoms with Gasteiger partial charge < -0.3 is 15.3 Å². The maximum absolute atomic E-state index is 12.1. The summed E-state index contributed by atoms with van der Waals surface area (Å²) in [6.45, 7) is 4.50. The van der Waals surface area contributed by atoms with Gasteiger partial charge in [-0.2, -0.15) is 0 Å². The standard InChI is InChI=1S/C11H18N2O3/c1-7-5-13(6-9(7)11(15)16)10(14)8-2-3-12-4-8/h7-9,12H,2-6H2,1H3,(H,15,16)/t7-,8?,9-/m1/s1. The number of aliphatic carboxylic acids is 1. The number of nitrogens with zero attached hydrogens (tertiary/aromatic N) is 1. The fourth-order valence-corrected chi connectivity index (χ4v) is 2.59. The SMILES string of the molecule is C[C@@H]1CN(C(=O)C2CCNC2)C[C@H]1C(=O)O. The fraction of sp³-hybridized carbons (Fsp3) is 0.818. The first-order chi connectivity index (χ1) is 7.59. The highest BCUT2D eigenvalue weighted by molar-refractivity contribution is 5.81. The van der Waals surface area contributed by atoms with Gasteiger partial charge in [-0.3, -0.25) is 9.59 Å². The van der Waals surface area contributed by atoms with Gasteiger partial charge in [0, 0.05) is 19.6 Å². The Morgan fingerprint density at radius 1 is 1.38 bits per heavy atom. The zero-order valence-electron chi connectivity index (χ0n) is 9.48. The lowest BCUT2D eigenvalue weighted by Crippen LogP contribution is -2.36. The van der Waals surface area contributed by atoms with Gasteiger partial charge in [0.1, 0.15) is 0 Å². The third-order valence-electron chi connectivity index (χ3n) is 3.65. The van der Waals surface area contributed by atoms with E-state index < -0.39 is 11.9 Å². The van der Waals surface area contributed by atoms with E-state index >= 15 is 0 Å². The van der Waals surface area contributed by atoms with Gasteiger partial charge in [-0.15, -0.1) is 0 Å². The number of carboxylic acid groups (broad SMARTS) is 1. The summed E-state index contributed by atoms with van der Waals surface area (Å²) in [5.41, 5.74) is 0. The average Bonchev–Trinajstić information content (AvgIpc) is 2.84. The minimum atomic E-state index is -0.785. The van der Waals surface area contributed by atoms with Crippen LogP contribution < -0.4 is 5.32 Å². The van der Waals surface area contributed by atoms with E-state index in [9.17, 15) is 9.59 Å². The highest BCUT2D eigenvalue weighted by Crippen LogP contribution is 2.25. The van der Waals surface area contributed by atoms with Crippen LogP contribution in [0.1, 0.15) is 13.3 Å². The molecule has 2 N–H and O–H groups in total. The lowest BCUT2D eigenvalue weighted by Gasteiger charge is -2.19. The Hall–Kier alpha value is -1.10. The van der Waals surface area contributed by atoms with E-state index in [1.54, 1.807) is 4.90 Å². The van der Waals surface area contributed by atoms with Gasteiger partial charge in [-0.1, -0.05) is 6.92 Å². The van der Waals surface area contributed by atoms with Crippen molar-refractivity contribution in [1.82, 2.24) is 10.2 Å². The minimum absolute atomic E-state index is 0.0553. The zero-order valence-corrected chi connectivity index (χ0v) is 9.48. The maximum atomic E-state index is 12.1. The minimum Gasteiger partial charge on any atom is -0.481 e. The van der Waals surface area contributed by atoms with Crippen LogP contribution in [0.3, 0.4) is 0 Å². The van der Waals surface area contributed by atoms with E-state index in [-0.39, 0.29) is 17.7 Å². The summed E-state index contributed by atoms with van der Waals surface area (Å²) in [6, 6.07) is 0. The third-order valence-corrected chi connectivity index (χ3v) is 3.65. The van der Waals surface area contributed by atoms with E-state index in [2.05, 4.69) is 5.32 Å². The number of carbonyl (C=O) groups is 2. The van der Waals surface area contributed by atoms with Crippen molar-refractivity contribution in [2.75, 3.05) is 26.2 Å². The molecule has 0 aliphatic carbocycles. The molecule has 2 saturated heterocycles. The third kappa shape index (κ3) is 2.04. The van der Waals surface area contributed by atoms with Crippen molar-refractivity contribution in [3.05, 3.63) is 0 Å². The lowest BCUT2D eigenvalue weighted by molar-refractivity contribution is -0.142. The van der Waals surface area contributed by atoms with Crippen LogP contribution in [0.4, 0.5) is 0 Å². The quantitative estimate of drug-likeness (QED) is 0.682. The summed E-state index contributed by atoms with van der Waals surface area (Å²) in [5, 5.41) is 12.2. The van der Waals surface area contributed by atoms with Crippen molar-refractivity contribution >= 4 is 11.9 Å². The number of hydrogen-bond acceptors (Lipinski definition) is 3. The summed E-state index contributed by atoms with van der Waals surface area (Å²) in [4.78, 5) is 24.7. The number of likely N-dealkylation sites (tertiary alicyclic amines) is 1. The molecule has 90 valence electrons. The Labute approximate surface area is 94.8 Å². The smallest absolute Gasteiger partial charge is 0.308 e. The van der Waals surface area contributed by atoms with Crippen molar-refractivity contribution < 1.29 is 14.7 Å². The van der Waals surface area contributed by atoms with Crippen LogP contribution >= 0.6 is 0 Å². The normalized spacial score (nSPS) is 34.3. The Kier molecular flexibility index (Phi) is 3.14. The maximum Gasteiger partial charge on any atom is 0.308 e. The Morgan fingerprint density at radius 3 is 2.62 bits per heavy atom. The van der Waals surface area contributed by atoms with Crippen LogP contribution in [-0.4, -0.2) is 48.1 Å². The zero-order chi connectivity index (χ0) is 11.7. The number of carbonyl (C=O) groups excluding carboxylic acids is 1. The molecule has 2 aliphatic rings. The fourth-order valence-electron chi connectivity index (χ4n) is 2.59. The molecular formula is C11H18N2O3. The molecule has 2 heterocycles. The van der Waals surface area contributed by atoms with Gasteiger partial charge in [-0.05, 0) is 18.9 Å². The topological polar surface area (TPSA) is 69.6 Å². The van der Waals surface area contributed by atoms with Crippen LogP contribution in [0.25, 0.3) is 0 Å². The summed E-state index contributed by atoms with van der Waals surface area (Å²) in [5.74, 6) is -0.929. The molecule has 1 unspecified atom stereocenters. The number of nitrogens with one attached hydrogen (secondary N) is 1. The molecule has 0 bridgehead atoms. The largest absolute Gasteiger partial charge is 0.481 e. The molecule has 16 heavy (non-hydrogen) atoms. The molecule has 0 aromatic carbocycles. The summed E-state index contributed by atoms with van der Waals surface area (Å²) in [6.07, 6.45) is 0.876. The van der Waals surface area contributed by atoms with Crippen molar-refractivity contribution in [2.24, 2.45) is 17.8 Å². The second kappa shape index (κ2) is 4.41. The van der Waals surface area contributed by atoms with Crippen LogP contribution in [0.15, 0.2) is 0 Å². The second-order valence-electron chi connectivity index (χ2n) is 4.85. The first-order valence-electron chi connectivity index (χ1n) is 5.82. The number of amides is 1. The molecule has 3 atom stereocenters. The van der Waals surface area contributed by atoms with E-state index in [0.29, 0.717) is 13.1 Å². The Bertz CT molecular complexity index is 300.